The number of rotatable bonds is 6. The number of carbonyl (C=O) groups is 2. The van der Waals surface area contributed by atoms with Crippen molar-refractivity contribution in [2.75, 3.05) is 23.7 Å². The zero-order valence-corrected chi connectivity index (χ0v) is 21.6. The third-order valence-corrected chi connectivity index (χ3v) is 6.08. The largest absolute Gasteiger partial charge is 0.322 e. The van der Waals surface area contributed by atoms with Gasteiger partial charge in [-0.15, -0.1) is 0 Å². The average Bonchev–Trinajstić information content (AvgIpc) is 3.20. The maximum absolute atomic E-state index is 12.9. The molecule has 0 spiro atoms. The van der Waals surface area contributed by atoms with E-state index in [4.69, 9.17) is 34.8 Å². The minimum absolute atomic E-state index is 0.169. The van der Waals surface area contributed by atoms with E-state index in [2.05, 4.69) is 15.7 Å². The number of nitrogens with one attached hydrogen (secondary N) is 2. The number of likely N-dealkylation sites (N-methyl/N-ethyl adjacent to an activating group) is 1. The van der Waals surface area contributed by atoms with Crippen molar-refractivity contribution in [2.24, 2.45) is 0 Å². The van der Waals surface area contributed by atoms with Crippen molar-refractivity contribution in [1.82, 2.24) is 14.7 Å². The van der Waals surface area contributed by atoms with Crippen molar-refractivity contribution >= 4 is 58.2 Å². The van der Waals surface area contributed by atoms with Crippen LogP contribution in [-0.4, -0.2) is 39.7 Å². The Morgan fingerprint density at radius 3 is 2.32 bits per heavy atom. The minimum Gasteiger partial charge on any atom is -0.315 e. The van der Waals surface area contributed by atoms with E-state index in [0.29, 0.717) is 28.1 Å². The lowest BCUT2D eigenvalue weighted by atomic mass is 9.92. The lowest BCUT2D eigenvalue weighted by Gasteiger charge is -2.21. The first kappa shape index (κ1) is 25.9. The van der Waals surface area contributed by atoms with Gasteiger partial charge in [0.15, 0.2) is 0 Å². The molecule has 3 rings (SSSR count). The Bertz CT molecular complexity index is 1190. The van der Waals surface area contributed by atoms with Gasteiger partial charge in [-0.2, -0.15) is 5.10 Å². The molecule has 2 N–H and O–H groups in total. The second-order valence-corrected chi connectivity index (χ2v) is 9.87. The van der Waals surface area contributed by atoms with Gasteiger partial charge in [0.1, 0.15) is 12.4 Å². The van der Waals surface area contributed by atoms with Crippen LogP contribution >= 0.6 is 34.8 Å². The summed E-state index contributed by atoms with van der Waals surface area (Å²) in [5, 5.41) is 11.4. The molecule has 10 heteroatoms. The lowest BCUT2D eigenvalue weighted by molar-refractivity contribution is -0.116. The fourth-order valence-electron chi connectivity index (χ4n) is 3.09. The fraction of sp³-hybridized carbons (Fsp3) is 0.292. The normalized spacial score (nSPS) is 11.3. The van der Waals surface area contributed by atoms with Crippen LogP contribution in [0.2, 0.25) is 15.1 Å². The van der Waals surface area contributed by atoms with E-state index in [1.807, 2.05) is 39.0 Å². The summed E-state index contributed by atoms with van der Waals surface area (Å²) in [6, 6.07) is 13.4. The lowest BCUT2D eigenvalue weighted by Crippen LogP contribution is -2.40. The number of halogens is 3. The van der Waals surface area contributed by atoms with E-state index in [0.717, 1.165) is 11.4 Å². The number of carbonyl (C=O) groups excluding carboxylic acids is 2. The third-order valence-electron chi connectivity index (χ3n) is 5.01. The Hall–Kier alpha value is -2.74. The summed E-state index contributed by atoms with van der Waals surface area (Å²) in [4.78, 5) is 27.0. The summed E-state index contributed by atoms with van der Waals surface area (Å²) < 4.78 is 1.65. The topological polar surface area (TPSA) is 79.3 Å². The van der Waals surface area contributed by atoms with Gasteiger partial charge in [-0.3, -0.25) is 4.79 Å². The number of urea groups is 1. The van der Waals surface area contributed by atoms with Crippen LogP contribution in [0.25, 0.3) is 5.69 Å². The van der Waals surface area contributed by atoms with Crippen LogP contribution in [0.1, 0.15) is 33.4 Å². The number of nitrogens with zero attached hydrogens (tertiary/aromatic N) is 3. The molecule has 7 nitrogen and oxygen atoms in total. The average molecular weight is 523 g/mol. The summed E-state index contributed by atoms with van der Waals surface area (Å²) in [6.07, 6.45) is 0. The first-order valence-electron chi connectivity index (χ1n) is 10.7. The number of hydrogen-bond donors (Lipinski definition) is 2. The molecule has 0 radical (unpaired) electrons. The number of benzene rings is 2. The van der Waals surface area contributed by atoms with Gasteiger partial charge in [0.05, 0.1) is 27.1 Å². The number of hydrogen-bond acceptors (Lipinski definition) is 3. The molecule has 1 aromatic heterocycles. The molecule has 1 heterocycles. The SMILES string of the molecule is CCN(CC(=O)Nc1cc(C(C)(C)C)nn1-c1ccc(Cl)cc1)C(=O)Nc1cccc(Cl)c1Cl. The summed E-state index contributed by atoms with van der Waals surface area (Å²) >= 11 is 18.2. The Labute approximate surface area is 214 Å². The molecular formula is C24H26Cl3N5O2. The van der Waals surface area contributed by atoms with E-state index in [1.165, 1.54) is 4.90 Å². The van der Waals surface area contributed by atoms with Crippen molar-refractivity contribution in [2.45, 2.75) is 33.1 Å². The Balaban J connectivity index is 1.78. The van der Waals surface area contributed by atoms with Crippen LogP contribution in [0.3, 0.4) is 0 Å². The maximum atomic E-state index is 12.9. The van der Waals surface area contributed by atoms with Gasteiger partial charge in [-0.1, -0.05) is 61.6 Å². The van der Waals surface area contributed by atoms with E-state index < -0.39 is 6.03 Å². The van der Waals surface area contributed by atoms with Crippen LogP contribution in [0.4, 0.5) is 16.3 Å². The van der Waals surface area contributed by atoms with Crippen LogP contribution < -0.4 is 10.6 Å². The first-order chi connectivity index (χ1) is 16.0. The molecule has 0 bridgehead atoms. The Kier molecular flexibility index (Phi) is 8.13. The second kappa shape index (κ2) is 10.7. The molecule has 3 amide bonds. The smallest absolute Gasteiger partial charge is 0.315 e. The van der Waals surface area contributed by atoms with Crippen molar-refractivity contribution in [3.63, 3.8) is 0 Å². The third kappa shape index (κ3) is 6.23. The van der Waals surface area contributed by atoms with Crippen molar-refractivity contribution in [1.29, 1.82) is 0 Å². The van der Waals surface area contributed by atoms with Gasteiger partial charge < -0.3 is 15.5 Å². The van der Waals surface area contributed by atoms with Gasteiger partial charge in [-0.25, -0.2) is 9.48 Å². The van der Waals surface area contributed by atoms with E-state index in [9.17, 15) is 9.59 Å². The number of aromatic nitrogens is 2. The van der Waals surface area contributed by atoms with Crippen LogP contribution in [0, 0.1) is 0 Å². The molecule has 0 unspecified atom stereocenters. The van der Waals surface area contributed by atoms with Gasteiger partial charge >= 0.3 is 6.03 Å². The molecule has 2 aromatic carbocycles. The quantitative estimate of drug-likeness (QED) is 0.382. The van der Waals surface area contributed by atoms with Crippen LogP contribution in [0.5, 0.6) is 0 Å². The van der Waals surface area contributed by atoms with Crippen molar-refractivity contribution in [3.8, 4) is 5.69 Å². The monoisotopic (exact) mass is 521 g/mol. The highest BCUT2D eigenvalue weighted by atomic mass is 35.5. The molecule has 0 aliphatic carbocycles. The predicted octanol–water partition coefficient (Wildman–Crippen LogP) is 6.62. The highest BCUT2D eigenvalue weighted by Gasteiger charge is 2.23. The highest BCUT2D eigenvalue weighted by molar-refractivity contribution is 6.44. The van der Waals surface area contributed by atoms with Crippen LogP contribution in [0.15, 0.2) is 48.5 Å². The maximum Gasteiger partial charge on any atom is 0.322 e. The second-order valence-electron chi connectivity index (χ2n) is 8.65. The Morgan fingerprint density at radius 1 is 1.03 bits per heavy atom. The van der Waals surface area contributed by atoms with Crippen LogP contribution in [-0.2, 0) is 10.2 Å². The standard InChI is InChI=1S/C24H26Cl3N5O2/c1-5-31(23(34)28-18-8-6-7-17(26)22(18)27)14-21(33)29-20-13-19(24(2,3)4)30-32(20)16-11-9-15(25)10-12-16/h6-13H,5,14H2,1-4H3,(H,28,34)(H,29,33). The van der Waals surface area contributed by atoms with E-state index in [-0.39, 0.29) is 22.9 Å². The van der Waals surface area contributed by atoms with Gasteiger partial charge in [0.25, 0.3) is 0 Å². The van der Waals surface area contributed by atoms with Crippen molar-refractivity contribution < 1.29 is 9.59 Å². The molecule has 34 heavy (non-hydrogen) atoms. The minimum atomic E-state index is -0.469. The molecule has 0 aliphatic heterocycles. The molecule has 180 valence electrons. The Morgan fingerprint density at radius 2 is 1.71 bits per heavy atom. The summed E-state index contributed by atoms with van der Waals surface area (Å²) in [6.45, 7) is 8.03. The van der Waals surface area contributed by atoms with Gasteiger partial charge in [0, 0.05) is 23.0 Å². The predicted molar refractivity (Wildman–Crippen MR) is 139 cm³/mol. The molecule has 0 aliphatic rings. The molecule has 0 atom stereocenters. The number of anilines is 2. The molecule has 0 saturated carbocycles. The van der Waals surface area contributed by atoms with Crippen molar-refractivity contribution in [3.05, 3.63) is 69.3 Å². The summed E-state index contributed by atoms with van der Waals surface area (Å²) in [7, 11) is 0. The highest BCUT2D eigenvalue weighted by Crippen LogP contribution is 2.30. The fourth-order valence-corrected chi connectivity index (χ4v) is 3.57. The summed E-state index contributed by atoms with van der Waals surface area (Å²) in [5.41, 5.74) is 1.69. The summed E-state index contributed by atoms with van der Waals surface area (Å²) in [5.74, 6) is 0.122. The molecular weight excluding hydrogens is 497 g/mol. The van der Waals surface area contributed by atoms with Gasteiger partial charge in [0.2, 0.25) is 5.91 Å². The molecule has 0 fully saturated rings. The zero-order valence-electron chi connectivity index (χ0n) is 19.3. The molecule has 0 saturated heterocycles. The van der Waals surface area contributed by atoms with E-state index in [1.54, 1.807) is 41.9 Å². The molecule has 3 aromatic rings. The van der Waals surface area contributed by atoms with E-state index >= 15 is 0 Å². The number of amides is 3. The van der Waals surface area contributed by atoms with Gasteiger partial charge in [-0.05, 0) is 43.3 Å². The zero-order chi connectivity index (χ0) is 25.0. The first-order valence-corrected chi connectivity index (χ1v) is 11.8.